The van der Waals surface area contributed by atoms with Crippen molar-refractivity contribution in [3.8, 4) is 0 Å². The molecule has 2 rings (SSSR count). The molecule has 1 aromatic carbocycles. The van der Waals surface area contributed by atoms with Crippen molar-refractivity contribution >= 4 is 28.1 Å². The highest BCUT2D eigenvalue weighted by molar-refractivity contribution is 9.10. The van der Waals surface area contributed by atoms with Crippen molar-refractivity contribution in [1.82, 2.24) is 9.97 Å². The van der Waals surface area contributed by atoms with Gasteiger partial charge in [-0.25, -0.2) is 10.4 Å². The Balaban J connectivity index is 2.12. The summed E-state index contributed by atoms with van der Waals surface area (Å²) in [5.41, 5.74) is 4.39. The molecule has 2 aromatic rings. The van der Waals surface area contributed by atoms with Crippen molar-refractivity contribution < 1.29 is 5.11 Å². The van der Waals surface area contributed by atoms with Gasteiger partial charge in [0.2, 0.25) is 5.95 Å². The van der Waals surface area contributed by atoms with Crippen molar-refractivity contribution in [2.75, 3.05) is 12.0 Å². The van der Waals surface area contributed by atoms with Gasteiger partial charge in [0.15, 0.2) is 0 Å². The lowest BCUT2D eigenvalue weighted by molar-refractivity contribution is 0.298. The quantitative estimate of drug-likeness (QED) is 0.566. The zero-order chi connectivity index (χ0) is 15.2. The van der Waals surface area contributed by atoms with Crippen LogP contribution in [0.2, 0.25) is 0 Å². The maximum Gasteiger partial charge on any atom is 0.255 e. The number of nitrogens with zero attached hydrogens (tertiary/aromatic N) is 2. The van der Waals surface area contributed by atoms with E-state index < -0.39 is 0 Å². The number of benzene rings is 1. The average molecular weight is 351 g/mol. The van der Waals surface area contributed by atoms with E-state index in [0.29, 0.717) is 11.3 Å². The number of nitrogens with one attached hydrogen (secondary N) is 2. The first-order chi connectivity index (χ1) is 10.1. The number of hydrogen-bond donors (Lipinski definition) is 3. The van der Waals surface area contributed by atoms with E-state index in [1.54, 1.807) is 13.1 Å². The van der Waals surface area contributed by atoms with Crippen LogP contribution in [0, 0.1) is 6.92 Å². The van der Waals surface area contributed by atoms with E-state index in [1.807, 2.05) is 24.3 Å². The summed E-state index contributed by atoms with van der Waals surface area (Å²) in [6, 6.07) is 7.64. The van der Waals surface area contributed by atoms with Gasteiger partial charge in [0.1, 0.15) is 0 Å². The van der Waals surface area contributed by atoms with Crippen molar-refractivity contribution in [1.29, 1.82) is 0 Å². The van der Waals surface area contributed by atoms with E-state index in [2.05, 4.69) is 36.4 Å². The number of hydrogen-bond acceptors (Lipinski definition) is 5. The van der Waals surface area contributed by atoms with Crippen LogP contribution in [-0.2, 0) is 6.42 Å². The molecule has 6 nitrogen and oxygen atoms in total. The molecule has 3 N–H and O–H groups in total. The Kier molecular flexibility index (Phi) is 5.24. The highest BCUT2D eigenvalue weighted by Crippen LogP contribution is 2.10. The Labute approximate surface area is 130 Å². The minimum Gasteiger partial charge on any atom is -0.396 e. The summed E-state index contributed by atoms with van der Waals surface area (Å²) < 4.78 is 0.960. The molecule has 0 aliphatic carbocycles. The summed E-state index contributed by atoms with van der Waals surface area (Å²) in [4.78, 5) is 18.6. The van der Waals surface area contributed by atoms with E-state index in [4.69, 9.17) is 5.11 Å². The molecule has 0 saturated heterocycles. The largest absolute Gasteiger partial charge is 0.396 e. The monoisotopic (exact) mass is 350 g/mol. The predicted octanol–water partition coefficient (Wildman–Crippen LogP) is 1.82. The summed E-state index contributed by atoms with van der Waals surface area (Å²) in [6.07, 6.45) is 1.91. The third-order valence-electron chi connectivity index (χ3n) is 2.82. The molecule has 1 heterocycles. The number of aliphatic hydroxyl groups is 1. The third-order valence-corrected chi connectivity index (χ3v) is 3.31. The Hall–Kier alpha value is -1.99. The van der Waals surface area contributed by atoms with Gasteiger partial charge in [-0.15, -0.1) is 0 Å². The molecule has 0 amide bonds. The zero-order valence-corrected chi connectivity index (χ0v) is 13.0. The van der Waals surface area contributed by atoms with Crippen molar-refractivity contribution in [3.63, 3.8) is 0 Å². The molecule has 0 fully saturated rings. The van der Waals surface area contributed by atoms with Gasteiger partial charge in [0.05, 0.1) is 11.9 Å². The molecule has 1 aromatic heterocycles. The van der Waals surface area contributed by atoms with Gasteiger partial charge in [-0.2, -0.15) is 5.10 Å². The number of halogens is 1. The fourth-order valence-electron chi connectivity index (χ4n) is 1.82. The molecule has 0 atom stereocenters. The summed E-state index contributed by atoms with van der Waals surface area (Å²) in [6.45, 7) is 1.64. The van der Waals surface area contributed by atoms with E-state index in [9.17, 15) is 4.79 Å². The van der Waals surface area contributed by atoms with Crippen LogP contribution in [0.25, 0.3) is 0 Å². The lowest BCUT2D eigenvalue weighted by Gasteiger charge is -2.05. The Bertz CT molecular complexity index is 712. The highest BCUT2D eigenvalue weighted by atomic mass is 79.9. The van der Waals surface area contributed by atoms with Crippen LogP contribution < -0.4 is 11.0 Å². The second-order valence-electron chi connectivity index (χ2n) is 4.38. The summed E-state index contributed by atoms with van der Waals surface area (Å²) in [5.74, 6) is 0.269. The summed E-state index contributed by atoms with van der Waals surface area (Å²) in [5, 5.41) is 12.9. The number of hydrazone groups is 1. The van der Waals surface area contributed by atoms with Crippen LogP contribution in [0.15, 0.2) is 38.6 Å². The zero-order valence-electron chi connectivity index (χ0n) is 11.4. The molecule has 0 radical (unpaired) electrons. The number of aromatic amines is 1. The van der Waals surface area contributed by atoms with Gasteiger partial charge in [-0.1, -0.05) is 28.1 Å². The number of aromatic nitrogens is 2. The fourth-order valence-corrected chi connectivity index (χ4v) is 2.24. The Morgan fingerprint density at radius 3 is 3.00 bits per heavy atom. The van der Waals surface area contributed by atoms with Crippen LogP contribution in [-0.4, -0.2) is 27.9 Å². The Morgan fingerprint density at radius 2 is 2.33 bits per heavy atom. The standard InChI is InChI=1S/C14H15BrN4O2/c1-9-12(5-6-20)13(21)18-14(17-9)19-16-8-10-3-2-4-11(15)7-10/h2-4,7-8,20H,5-6H2,1H3,(H2,17,18,19,21)/b16-8-. The minimum atomic E-state index is -0.267. The molecule has 21 heavy (non-hydrogen) atoms. The molecule has 0 aliphatic rings. The van der Waals surface area contributed by atoms with Crippen molar-refractivity contribution in [3.05, 3.63) is 55.9 Å². The number of aryl methyl sites for hydroxylation is 1. The van der Waals surface area contributed by atoms with Gasteiger partial charge < -0.3 is 5.11 Å². The predicted molar refractivity (Wildman–Crippen MR) is 85.7 cm³/mol. The number of anilines is 1. The van der Waals surface area contributed by atoms with E-state index in [-0.39, 0.29) is 24.5 Å². The molecule has 0 bridgehead atoms. The minimum absolute atomic E-state index is 0.0839. The SMILES string of the molecule is Cc1nc(N/N=C\c2cccc(Br)c2)[nH]c(=O)c1CCO. The van der Waals surface area contributed by atoms with Crippen LogP contribution in [0.5, 0.6) is 0 Å². The highest BCUT2D eigenvalue weighted by Gasteiger charge is 2.06. The van der Waals surface area contributed by atoms with Crippen molar-refractivity contribution in [2.24, 2.45) is 5.10 Å². The van der Waals surface area contributed by atoms with Gasteiger partial charge in [-0.3, -0.25) is 9.78 Å². The van der Waals surface area contributed by atoms with Crippen LogP contribution in [0.3, 0.4) is 0 Å². The lowest BCUT2D eigenvalue weighted by Crippen LogP contribution is -2.19. The average Bonchev–Trinajstić information content (AvgIpc) is 2.43. The third kappa shape index (κ3) is 4.24. The van der Waals surface area contributed by atoms with E-state index >= 15 is 0 Å². The van der Waals surface area contributed by atoms with Crippen LogP contribution >= 0.6 is 15.9 Å². The smallest absolute Gasteiger partial charge is 0.255 e. The summed E-state index contributed by atoms with van der Waals surface area (Å²) >= 11 is 3.38. The molecule has 0 aliphatic heterocycles. The number of rotatable bonds is 5. The number of aliphatic hydroxyl groups excluding tert-OH is 1. The molecule has 0 unspecified atom stereocenters. The van der Waals surface area contributed by atoms with Gasteiger partial charge in [0.25, 0.3) is 5.56 Å². The summed E-state index contributed by atoms with van der Waals surface area (Å²) in [7, 11) is 0. The van der Waals surface area contributed by atoms with Crippen LogP contribution in [0.1, 0.15) is 16.8 Å². The topological polar surface area (TPSA) is 90.4 Å². The van der Waals surface area contributed by atoms with E-state index in [1.165, 1.54) is 0 Å². The normalized spacial score (nSPS) is 11.0. The van der Waals surface area contributed by atoms with Crippen molar-refractivity contribution in [2.45, 2.75) is 13.3 Å². The maximum atomic E-state index is 11.8. The van der Waals surface area contributed by atoms with Gasteiger partial charge in [0, 0.05) is 23.1 Å². The lowest BCUT2D eigenvalue weighted by atomic mass is 10.2. The molecule has 110 valence electrons. The molecular weight excluding hydrogens is 336 g/mol. The first kappa shape index (κ1) is 15.4. The Morgan fingerprint density at radius 1 is 1.52 bits per heavy atom. The second-order valence-corrected chi connectivity index (χ2v) is 5.29. The molecule has 7 heteroatoms. The van der Waals surface area contributed by atoms with Gasteiger partial charge >= 0.3 is 0 Å². The maximum absolute atomic E-state index is 11.8. The fraction of sp³-hybridized carbons (Fsp3) is 0.214. The van der Waals surface area contributed by atoms with Crippen LogP contribution in [0.4, 0.5) is 5.95 Å². The molecular formula is C14H15BrN4O2. The number of H-pyrrole nitrogens is 1. The molecule has 0 saturated carbocycles. The second kappa shape index (κ2) is 7.14. The first-order valence-corrected chi connectivity index (χ1v) is 7.14. The first-order valence-electron chi connectivity index (χ1n) is 6.35. The van der Waals surface area contributed by atoms with E-state index in [0.717, 1.165) is 10.0 Å². The molecule has 0 spiro atoms. The van der Waals surface area contributed by atoms with Gasteiger partial charge in [-0.05, 0) is 24.6 Å².